The third kappa shape index (κ3) is 3.96. The molecule has 2 aromatic carbocycles. The van der Waals surface area contributed by atoms with Gasteiger partial charge in [0.15, 0.2) is 23.1 Å². The molecule has 6 nitrogen and oxygen atoms in total. The Hall–Kier alpha value is -3.02. The van der Waals surface area contributed by atoms with Gasteiger partial charge in [0.25, 0.3) is 0 Å². The van der Waals surface area contributed by atoms with Gasteiger partial charge in [0, 0.05) is 11.6 Å². The Labute approximate surface area is 152 Å². The van der Waals surface area contributed by atoms with Crippen LogP contribution in [-0.4, -0.2) is 40.0 Å². The molecule has 0 N–H and O–H groups in total. The second kappa shape index (κ2) is 8.38. The molecule has 2 aromatic rings. The van der Waals surface area contributed by atoms with Gasteiger partial charge >= 0.3 is 0 Å². The van der Waals surface area contributed by atoms with Crippen LogP contribution in [0.1, 0.15) is 32.7 Å². The summed E-state index contributed by atoms with van der Waals surface area (Å²) in [5, 5.41) is 0. The van der Waals surface area contributed by atoms with Crippen LogP contribution in [0.5, 0.6) is 23.0 Å². The molecule has 0 saturated carbocycles. The van der Waals surface area contributed by atoms with Crippen molar-refractivity contribution in [3.8, 4) is 23.0 Å². The Kier molecular flexibility index (Phi) is 6.22. The van der Waals surface area contributed by atoms with E-state index in [1.807, 2.05) is 6.92 Å². The first kappa shape index (κ1) is 19.3. The van der Waals surface area contributed by atoms with Crippen molar-refractivity contribution in [1.29, 1.82) is 0 Å². The molecule has 0 bridgehead atoms. The number of hydrogen-bond acceptors (Lipinski definition) is 6. The van der Waals surface area contributed by atoms with Gasteiger partial charge in [-0.3, -0.25) is 9.59 Å². The fourth-order valence-electron chi connectivity index (χ4n) is 2.63. The maximum atomic E-state index is 12.6. The Balaban J connectivity index is 2.27. The second-order valence-electron chi connectivity index (χ2n) is 5.62. The molecular formula is C20H22O6. The van der Waals surface area contributed by atoms with E-state index < -0.39 is 0 Å². The lowest BCUT2D eigenvalue weighted by atomic mass is 9.99. The summed E-state index contributed by atoms with van der Waals surface area (Å²) < 4.78 is 20.9. The molecule has 0 radical (unpaired) electrons. The lowest BCUT2D eigenvalue weighted by Gasteiger charge is -2.12. The average Bonchev–Trinajstić information content (AvgIpc) is 2.66. The van der Waals surface area contributed by atoms with Gasteiger partial charge in [0.05, 0.1) is 40.4 Å². The lowest BCUT2D eigenvalue weighted by molar-refractivity contribution is 0.0892. The molecule has 2 rings (SSSR count). The zero-order valence-electron chi connectivity index (χ0n) is 15.5. The Morgan fingerprint density at radius 2 is 1.35 bits per heavy atom. The molecule has 0 atom stereocenters. The number of carbonyl (C=O) groups is 2. The highest BCUT2D eigenvalue weighted by Gasteiger charge is 2.20. The summed E-state index contributed by atoms with van der Waals surface area (Å²) in [6, 6.07) is 8.11. The number of benzene rings is 2. The van der Waals surface area contributed by atoms with Gasteiger partial charge in [-0.25, -0.2) is 0 Å². The number of methoxy groups -OCH3 is 4. The predicted octanol–water partition coefficient (Wildman–Crippen LogP) is 3.49. The first-order chi connectivity index (χ1) is 12.4. The summed E-state index contributed by atoms with van der Waals surface area (Å²) in [4.78, 5) is 25.2. The van der Waals surface area contributed by atoms with Crippen molar-refractivity contribution in [1.82, 2.24) is 0 Å². The maximum Gasteiger partial charge on any atom is 0.174 e. The lowest BCUT2D eigenvalue weighted by Crippen LogP contribution is -2.11. The van der Waals surface area contributed by atoms with Crippen molar-refractivity contribution in [3.63, 3.8) is 0 Å². The van der Waals surface area contributed by atoms with E-state index in [9.17, 15) is 9.59 Å². The predicted molar refractivity (Wildman–Crippen MR) is 97.1 cm³/mol. The fraction of sp³-hybridized carbons (Fsp3) is 0.300. The number of ketones is 2. The Morgan fingerprint density at radius 1 is 0.731 bits per heavy atom. The molecular weight excluding hydrogens is 336 g/mol. The SMILES string of the molecule is COc1cc(OC)c(C(=O)CC(=O)c2ccc(OC)c(OC)c2)cc1C. The van der Waals surface area contributed by atoms with Gasteiger partial charge in [-0.05, 0) is 36.8 Å². The molecule has 0 spiro atoms. The van der Waals surface area contributed by atoms with E-state index in [0.29, 0.717) is 34.1 Å². The van der Waals surface area contributed by atoms with Gasteiger partial charge in [-0.1, -0.05) is 0 Å². The van der Waals surface area contributed by atoms with Crippen molar-refractivity contribution >= 4 is 11.6 Å². The van der Waals surface area contributed by atoms with E-state index in [2.05, 4.69) is 0 Å². The molecule has 0 amide bonds. The maximum absolute atomic E-state index is 12.6. The van der Waals surface area contributed by atoms with Crippen molar-refractivity contribution < 1.29 is 28.5 Å². The topological polar surface area (TPSA) is 71.1 Å². The fourth-order valence-corrected chi connectivity index (χ4v) is 2.63. The molecule has 0 aromatic heterocycles. The number of Topliss-reactive ketones (excluding diaryl/α,β-unsaturated/α-hetero) is 2. The van der Waals surface area contributed by atoms with Gasteiger partial charge in [-0.15, -0.1) is 0 Å². The molecule has 6 heteroatoms. The van der Waals surface area contributed by atoms with Crippen LogP contribution in [0.3, 0.4) is 0 Å². The van der Waals surface area contributed by atoms with E-state index in [-0.39, 0.29) is 18.0 Å². The minimum absolute atomic E-state index is 0.280. The number of carbonyl (C=O) groups excluding carboxylic acids is 2. The van der Waals surface area contributed by atoms with E-state index in [4.69, 9.17) is 18.9 Å². The van der Waals surface area contributed by atoms with Crippen LogP contribution in [0.15, 0.2) is 30.3 Å². The quantitative estimate of drug-likeness (QED) is 0.531. The highest BCUT2D eigenvalue weighted by Crippen LogP contribution is 2.31. The van der Waals surface area contributed by atoms with Gasteiger partial charge < -0.3 is 18.9 Å². The summed E-state index contributed by atoms with van der Waals surface area (Å²) in [5.41, 5.74) is 1.51. The van der Waals surface area contributed by atoms with Crippen molar-refractivity contribution in [3.05, 3.63) is 47.0 Å². The van der Waals surface area contributed by atoms with Gasteiger partial charge in [0.1, 0.15) is 11.5 Å². The molecule has 138 valence electrons. The van der Waals surface area contributed by atoms with Crippen molar-refractivity contribution in [2.75, 3.05) is 28.4 Å². The minimum atomic E-state index is -0.326. The number of ether oxygens (including phenoxy) is 4. The van der Waals surface area contributed by atoms with Gasteiger partial charge in [-0.2, -0.15) is 0 Å². The van der Waals surface area contributed by atoms with Crippen LogP contribution in [-0.2, 0) is 0 Å². The summed E-state index contributed by atoms with van der Waals surface area (Å²) in [7, 11) is 6.02. The molecule has 0 aliphatic heterocycles. The number of hydrogen-bond donors (Lipinski definition) is 0. The molecule has 0 heterocycles. The molecule has 0 aliphatic carbocycles. The summed E-state index contributed by atoms with van der Waals surface area (Å²) in [6.07, 6.45) is -0.280. The molecule has 0 fully saturated rings. The highest BCUT2D eigenvalue weighted by atomic mass is 16.5. The van der Waals surface area contributed by atoms with Crippen LogP contribution in [0.25, 0.3) is 0 Å². The highest BCUT2D eigenvalue weighted by molar-refractivity contribution is 6.14. The monoisotopic (exact) mass is 358 g/mol. The minimum Gasteiger partial charge on any atom is -0.496 e. The van der Waals surface area contributed by atoms with E-state index >= 15 is 0 Å². The molecule has 0 unspecified atom stereocenters. The van der Waals surface area contributed by atoms with Crippen molar-refractivity contribution in [2.45, 2.75) is 13.3 Å². The first-order valence-electron chi connectivity index (χ1n) is 7.96. The van der Waals surface area contributed by atoms with Crippen LogP contribution in [0, 0.1) is 6.92 Å². The van der Waals surface area contributed by atoms with Crippen LogP contribution >= 0.6 is 0 Å². The molecule has 26 heavy (non-hydrogen) atoms. The van der Waals surface area contributed by atoms with Crippen LogP contribution in [0.4, 0.5) is 0 Å². The van der Waals surface area contributed by atoms with Crippen LogP contribution < -0.4 is 18.9 Å². The van der Waals surface area contributed by atoms with Gasteiger partial charge in [0.2, 0.25) is 0 Å². The Bertz CT molecular complexity index is 825. The number of aryl methyl sites for hydroxylation is 1. The molecule has 0 saturated heterocycles. The van der Waals surface area contributed by atoms with E-state index in [0.717, 1.165) is 5.56 Å². The standard InChI is InChI=1S/C20H22O6/c1-12-8-14(19(25-4)11-18(12)24-3)16(22)10-15(21)13-6-7-17(23-2)20(9-13)26-5/h6-9,11H,10H2,1-5H3. The average molecular weight is 358 g/mol. The zero-order chi connectivity index (χ0) is 19.3. The van der Waals surface area contributed by atoms with E-state index in [1.165, 1.54) is 21.3 Å². The second-order valence-corrected chi connectivity index (χ2v) is 5.62. The summed E-state index contributed by atoms with van der Waals surface area (Å²) in [5.74, 6) is 1.30. The van der Waals surface area contributed by atoms with Crippen molar-refractivity contribution in [2.24, 2.45) is 0 Å². The summed E-state index contributed by atoms with van der Waals surface area (Å²) in [6.45, 7) is 1.82. The smallest absolute Gasteiger partial charge is 0.174 e. The normalized spacial score (nSPS) is 10.2. The largest absolute Gasteiger partial charge is 0.496 e. The van der Waals surface area contributed by atoms with E-state index in [1.54, 1.807) is 37.4 Å². The number of rotatable bonds is 8. The summed E-state index contributed by atoms with van der Waals surface area (Å²) >= 11 is 0. The first-order valence-corrected chi connectivity index (χ1v) is 7.96. The third-order valence-electron chi connectivity index (χ3n) is 4.04. The third-order valence-corrected chi connectivity index (χ3v) is 4.04. The Morgan fingerprint density at radius 3 is 1.92 bits per heavy atom. The zero-order valence-corrected chi connectivity index (χ0v) is 15.5. The molecule has 0 aliphatic rings. The van der Waals surface area contributed by atoms with Crippen LogP contribution in [0.2, 0.25) is 0 Å².